The van der Waals surface area contributed by atoms with Gasteiger partial charge in [-0.25, -0.2) is 0 Å². The van der Waals surface area contributed by atoms with Crippen molar-refractivity contribution in [2.45, 2.75) is 6.04 Å². The van der Waals surface area contributed by atoms with Gasteiger partial charge in [0.25, 0.3) is 0 Å². The molecule has 0 aliphatic rings. The number of hydrogen-bond acceptors (Lipinski definition) is 3. The number of aryl methyl sites for hydroxylation is 1. The van der Waals surface area contributed by atoms with Crippen molar-refractivity contribution in [1.82, 2.24) is 9.78 Å². The summed E-state index contributed by atoms with van der Waals surface area (Å²) < 4.78 is 1.72. The summed E-state index contributed by atoms with van der Waals surface area (Å²) in [5.41, 5.74) is 6.93. The van der Waals surface area contributed by atoms with Crippen molar-refractivity contribution in [1.29, 1.82) is 0 Å². The average Bonchev–Trinajstić information content (AvgIpc) is 2.75. The fourth-order valence-electron chi connectivity index (χ4n) is 1.37. The SMILES string of the molecule is Cn1ncc(Cl)c1C(N)c1cccs1. The van der Waals surface area contributed by atoms with E-state index in [1.165, 1.54) is 0 Å². The summed E-state index contributed by atoms with van der Waals surface area (Å²) in [6.45, 7) is 0. The minimum Gasteiger partial charge on any atom is -0.318 e. The lowest BCUT2D eigenvalue weighted by Gasteiger charge is -2.10. The van der Waals surface area contributed by atoms with Gasteiger partial charge in [0.1, 0.15) is 0 Å². The number of hydrogen-bond donors (Lipinski definition) is 1. The molecule has 0 spiro atoms. The van der Waals surface area contributed by atoms with Crippen molar-refractivity contribution < 1.29 is 0 Å². The molecular weight excluding hydrogens is 218 g/mol. The van der Waals surface area contributed by atoms with Crippen LogP contribution in [-0.2, 0) is 7.05 Å². The standard InChI is InChI=1S/C9H10ClN3S/c1-13-9(6(10)5-12-13)8(11)7-3-2-4-14-7/h2-5,8H,11H2,1H3. The number of rotatable bonds is 2. The second kappa shape index (κ2) is 3.73. The van der Waals surface area contributed by atoms with Crippen LogP contribution in [0.1, 0.15) is 16.6 Å². The van der Waals surface area contributed by atoms with E-state index in [2.05, 4.69) is 5.10 Å². The number of nitrogens with two attached hydrogens (primary N) is 1. The van der Waals surface area contributed by atoms with Crippen LogP contribution in [0.15, 0.2) is 23.7 Å². The predicted molar refractivity (Wildman–Crippen MR) is 58.6 cm³/mol. The highest BCUT2D eigenvalue weighted by Crippen LogP contribution is 2.28. The van der Waals surface area contributed by atoms with Crippen molar-refractivity contribution in [2.24, 2.45) is 12.8 Å². The first-order valence-electron chi connectivity index (χ1n) is 4.16. The van der Waals surface area contributed by atoms with E-state index < -0.39 is 0 Å². The van der Waals surface area contributed by atoms with Gasteiger partial charge in [-0.15, -0.1) is 11.3 Å². The number of nitrogens with zero attached hydrogens (tertiary/aromatic N) is 2. The molecule has 2 rings (SSSR count). The summed E-state index contributed by atoms with van der Waals surface area (Å²) in [7, 11) is 1.84. The molecule has 1 unspecified atom stereocenters. The molecule has 2 aromatic rings. The molecule has 0 amide bonds. The Morgan fingerprint density at radius 3 is 2.93 bits per heavy atom. The van der Waals surface area contributed by atoms with Crippen LogP contribution in [0.5, 0.6) is 0 Å². The molecule has 0 aromatic carbocycles. The van der Waals surface area contributed by atoms with Gasteiger partial charge in [0.15, 0.2) is 0 Å². The molecule has 0 saturated heterocycles. The van der Waals surface area contributed by atoms with E-state index in [9.17, 15) is 0 Å². The summed E-state index contributed by atoms with van der Waals surface area (Å²) in [5, 5.41) is 6.67. The number of aromatic nitrogens is 2. The minimum absolute atomic E-state index is 0.185. The zero-order chi connectivity index (χ0) is 10.1. The average molecular weight is 228 g/mol. The van der Waals surface area contributed by atoms with E-state index in [0.717, 1.165) is 10.6 Å². The summed E-state index contributed by atoms with van der Waals surface area (Å²) in [6.07, 6.45) is 1.62. The van der Waals surface area contributed by atoms with Crippen LogP contribution >= 0.6 is 22.9 Å². The predicted octanol–water partition coefficient (Wildman–Crippen LogP) is 2.18. The molecule has 0 bridgehead atoms. The van der Waals surface area contributed by atoms with E-state index in [1.54, 1.807) is 22.2 Å². The molecule has 3 nitrogen and oxygen atoms in total. The van der Waals surface area contributed by atoms with Gasteiger partial charge >= 0.3 is 0 Å². The van der Waals surface area contributed by atoms with Gasteiger partial charge in [0, 0.05) is 11.9 Å². The second-order valence-corrected chi connectivity index (χ2v) is 4.38. The van der Waals surface area contributed by atoms with Crippen molar-refractivity contribution in [2.75, 3.05) is 0 Å². The lowest BCUT2D eigenvalue weighted by molar-refractivity contribution is 0.678. The van der Waals surface area contributed by atoms with Gasteiger partial charge in [0.05, 0.1) is 23.0 Å². The lowest BCUT2D eigenvalue weighted by Crippen LogP contribution is -2.15. The smallest absolute Gasteiger partial charge is 0.0837 e. The monoisotopic (exact) mass is 227 g/mol. The summed E-state index contributed by atoms with van der Waals surface area (Å²) in [6, 6.07) is 3.79. The third-order valence-corrected chi connectivity index (χ3v) is 3.33. The largest absolute Gasteiger partial charge is 0.318 e. The zero-order valence-electron chi connectivity index (χ0n) is 7.64. The molecule has 0 saturated carbocycles. The van der Waals surface area contributed by atoms with Crippen molar-refractivity contribution in [3.8, 4) is 0 Å². The molecule has 74 valence electrons. The molecule has 1 atom stereocenters. The van der Waals surface area contributed by atoms with Crippen LogP contribution in [0.4, 0.5) is 0 Å². The molecule has 2 heterocycles. The topological polar surface area (TPSA) is 43.8 Å². The maximum atomic E-state index is 6.07. The van der Waals surface area contributed by atoms with E-state index in [-0.39, 0.29) is 6.04 Å². The van der Waals surface area contributed by atoms with Gasteiger partial charge in [-0.1, -0.05) is 17.7 Å². The van der Waals surface area contributed by atoms with Crippen LogP contribution in [-0.4, -0.2) is 9.78 Å². The van der Waals surface area contributed by atoms with Crippen LogP contribution in [0.3, 0.4) is 0 Å². The van der Waals surface area contributed by atoms with Crippen LogP contribution in [0.25, 0.3) is 0 Å². The Bertz CT molecular complexity index is 402. The highest BCUT2D eigenvalue weighted by Gasteiger charge is 2.17. The van der Waals surface area contributed by atoms with Gasteiger partial charge in [-0.3, -0.25) is 4.68 Å². The summed E-state index contributed by atoms with van der Waals surface area (Å²) in [4.78, 5) is 1.09. The zero-order valence-corrected chi connectivity index (χ0v) is 9.22. The number of thiophene rings is 1. The Morgan fingerprint density at radius 1 is 1.64 bits per heavy atom. The molecule has 0 radical (unpaired) electrons. The Labute approximate surface area is 91.1 Å². The Kier molecular flexibility index (Phi) is 2.58. The van der Waals surface area contributed by atoms with E-state index in [0.29, 0.717) is 5.02 Å². The fraction of sp³-hybridized carbons (Fsp3) is 0.222. The summed E-state index contributed by atoms with van der Waals surface area (Å²) in [5.74, 6) is 0. The third kappa shape index (κ3) is 1.56. The maximum absolute atomic E-state index is 6.07. The minimum atomic E-state index is -0.185. The molecule has 0 fully saturated rings. The van der Waals surface area contributed by atoms with Crippen molar-refractivity contribution in [3.05, 3.63) is 39.3 Å². The molecule has 0 aliphatic carbocycles. The Hall–Kier alpha value is -0.840. The van der Waals surface area contributed by atoms with Crippen molar-refractivity contribution >= 4 is 22.9 Å². The molecule has 5 heteroatoms. The van der Waals surface area contributed by atoms with E-state index in [4.69, 9.17) is 17.3 Å². The Balaban J connectivity index is 2.41. The fourth-order valence-corrected chi connectivity index (χ4v) is 2.39. The van der Waals surface area contributed by atoms with Crippen LogP contribution < -0.4 is 5.73 Å². The normalized spacial score (nSPS) is 13.1. The van der Waals surface area contributed by atoms with Crippen LogP contribution in [0, 0.1) is 0 Å². The van der Waals surface area contributed by atoms with Gasteiger partial charge in [-0.2, -0.15) is 5.10 Å². The van der Waals surface area contributed by atoms with Gasteiger partial charge < -0.3 is 5.73 Å². The van der Waals surface area contributed by atoms with Crippen molar-refractivity contribution in [3.63, 3.8) is 0 Å². The highest BCUT2D eigenvalue weighted by molar-refractivity contribution is 7.10. The first-order chi connectivity index (χ1) is 6.70. The molecule has 2 N–H and O–H groups in total. The van der Waals surface area contributed by atoms with Crippen LogP contribution in [0.2, 0.25) is 5.02 Å². The van der Waals surface area contributed by atoms with E-state index >= 15 is 0 Å². The Morgan fingerprint density at radius 2 is 2.43 bits per heavy atom. The molecule has 0 aliphatic heterocycles. The number of halogens is 1. The third-order valence-electron chi connectivity index (χ3n) is 2.08. The van der Waals surface area contributed by atoms with E-state index in [1.807, 2.05) is 24.6 Å². The molecule has 2 aromatic heterocycles. The van der Waals surface area contributed by atoms with Gasteiger partial charge in [0.2, 0.25) is 0 Å². The second-order valence-electron chi connectivity index (χ2n) is 2.99. The highest BCUT2D eigenvalue weighted by atomic mass is 35.5. The first kappa shape index (κ1) is 9.71. The van der Waals surface area contributed by atoms with Gasteiger partial charge in [-0.05, 0) is 11.4 Å². The quantitative estimate of drug-likeness (QED) is 0.855. The first-order valence-corrected chi connectivity index (χ1v) is 5.42. The summed E-state index contributed by atoms with van der Waals surface area (Å²) >= 11 is 7.62. The molecular formula is C9H10ClN3S. The molecule has 14 heavy (non-hydrogen) atoms. The maximum Gasteiger partial charge on any atom is 0.0837 e. The lowest BCUT2D eigenvalue weighted by atomic mass is 10.2.